The molecular formula is C11H23NOS. The molecule has 1 saturated heterocycles. The summed E-state index contributed by atoms with van der Waals surface area (Å²) in [4.78, 5) is 0. The third kappa shape index (κ3) is 4.20. The molecule has 0 bridgehead atoms. The van der Waals surface area contributed by atoms with E-state index in [2.05, 4.69) is 26.1 Å². The lowest BCUT2D eigenvalue weighted by Gasteiger charge is -2.35. The third-order valence-corrected chi connectivity index (χ3v) is 4.30. The highest BCUT2D eigenvalue weighted by molar-refractivity contribution is 7.99. The average Bonchev–Trinajstić information content (AvgIpc) is 2.12. The number of nitrogens with one attached hydrogen (secondary N) is 1. The number of aliphatic hydroxyl groups is 1. The molecule has 14 heavy (non-hydrogen) atoms. The van der Waals surface area contributed by atoms with Gasteiger partial charge in [0.1, 0.15) is 0 Å². The maximum absolute atomic E-state index is 8.92. The van der Waals surface area contributed by atoms with Crippen LogP contribution in [0.2, 0.25) is 0 Å². The topological polar surface area (TPSA) is 32.3 Å². The summed E-state index contributed by atoms with van der Waals surface area (Å²) in [5.74, 6) is 2.88. The van der Waals surface area contributed by atoms with Crippen LogP contribution in [0.1, 0.15) is 27.2 Å². The minimum Gasteiger partial charge on any atom is -0.396 e. The van der Waals surface area contributed by atoms with Crippen LogP contribution in [0.5, 0.6) is 0 Å². The number of hydrogen-bond donors (Lipinski definition) is 2. The Morgan fingerprint density at radius 1 is 1.57 bits per heavy atom. The zero-order valence-electron chi connectivity index (χ0n) is 9.55. The predicted octanol–water partition coefficient (Wildman–Crippen LogP) is 1.74. The maximum Gasteiger partial charge on any atom is 0.0468 e. The molecule has 0 aromatic carbocycles. The molecule has 1 aliphatic heterocycles. The summed E-state index contributed by atoms with van der Waals surface area (Å²) >= 11 is 2.04. The molecule has 0 amide bonds. The number of aliphatic hydroxyl groups excluding tert-OH is 1. The van der Waals surface area contributed by atoms with Crippen molar-refractivity contribution in [3.8, 4) is 0 Å². The van der Waals surface area contributed by atoms with Crippen LogP contribution in [0.25, 0.3) is 0 Å². The van der Waals surface area contributed by atoms with E-state index < -0.39 is 0 Å². The van der Waals surface area contributed by atoms with Crippen molar-refractivity contribution in [2.75, 3.05) is 24.7 Å². The van der Waals surface area contributed by atoms with Gasteiger partial charge in [-0.15, -0.1) is 0 Å². The van der Waals surface area contributed by atoms with Gasteiger partial charge in [0.15, 0.2) is 0 Å². The summed E-state index contributed by atoms with van der Waals surface area (Å²) in [6.07, 6.45) is 1.26. The van der Waals surface area contributed by atoms with Crippen LogP contribution in [0.15, 0.2) is 0 Å². The Morgan fingerprint density at radius 2 is 2.29 bits per heavy atom. The molecule has 1 fully saturated rings. The lowest BCUT2D eigenvalue weighted by molar-refractivity contribution is 0.224. The molecule has 0 aliphatic carbocycles. The Hall–Kier alpha value is 0.270. The third-order valence-electron chi connectivity index (χ3n) is 2.68. The lowest BCUT2D eigenvalue weighted by atomic mass is 9.87. The van der Waals surface area contributed by atoms with Gasteiger partial charge in [-0.2, -0.15) is 11.8 Å². The fourth-order valence-corrected chi connectivity index (χ4v) is 3.13. The van der Waals surface area contributed by atoms with Crippen molar-refractivity contribution in [1.82, 2.24) is 5.32 Å². The SMILES string of the molecule is CC(CO)CNC1CSCC(C)(C)C1. The normalized spacial score (nSPS) is 28.7. The van der Waals surface area contributed by atoms with Crippen molar-refractivity contribution in [1.29, 1.82) is 0 Å². The highest BCUT2D eigenvalue weighted by Gasteiger charge is 2.28. The van der Waals surface area contributed by atoms with Gasteiger partial charge in [0.25, 0.3) is 0 Å². The van der Waals surface area contributed by atoms with Crippen molar-refractivity contribution in [2.24, 2.45) is 11.3 Å². The molecule has 0 aromatic rings. The first-order chi connectivity index (χ1) is 6.53. The van der Waals surface area contributed by atoms with E-state index in [4.69, 9.17) is 5.11 Å². The van der Waals surface area contributed by atoms with Crippen LogP contribution < -0.4 is 5.32 Å². The lowest BCUT2D eigenvalue weighted by Crippen LogP contribution is -2.42. The van der Waals surface area contributed by atoms with Gasteiger partial charge in [-0.1, -0.05) is 20.8 Å². The van der Waals surface area contributed by atoms with E-state index in [0.717, 1.165) is 6.54 Å². The monoisotopic (exact) mass is 217 g/mol. The van der Waals surface area contributed by atoms with Gasteiger partial charge in [-0.05, 0) is 23.5 Å². The number of thioether (sulfide) groups is 1. The second-order valence-electron chi connectivity index (χ2n) is 5.28. The summed E-state index contributed by atoms with van der Waals surface area (Å²) < 4.78 is 0. The molecule has 0 aromatic heterocycles. The average molecular weight is 217 g/mol. The number of hydrogen-bond acceptors (Lipinski definition) is 3. The fraction of sp³-hybridized carbons (Fsp3) is 1.00. The van der Waals surface area contributed by atoms with E-state index in [1.54, 1.807) is 0 Å². The Labute approximate surface area is 91.9 Å². The molecule has 2 atom stereocenters. The zero-order chi connectivity index (χ0) is 10.6. The van der Waals surface area contributed by atoms with Crippen molar-refractivity contribution >= 4 is 11.8 Å². The molecule has 2 nitrogen and oxygen atoms in total. The highest BCUT2D eigenvalue weighted by Crippen LogP contribution is 2.33. The van der Waals surface area contributed by atoms with Crippen molar-refractivity contribution in [3.05, 3.63) is 0 Å². The Bertz CT molecular complexity index is 173. The first-order valence-corrected chi connectivity index (χ1v) is 6.61. The zero-order valence-corrected chi connectivity index (χ0v) is 10.4. The van der Waals surface area contributed by atoms with E-state index in [-0.39, 0.29) is 6.61 Å². The molecular weight excluding hydrogens is 194 g/mol. The van der Waals surface area contributed by atoms with Crippen LogP contribution >= 0.6 is 11.8 Å². The summed E-state index contributed by atoms with van der Waals surface area (Å²) in [6, 6.07) is 0.637. The van der Waals surface area contributed by atoms with Crippen LogP contribution in [-0.2, 0) is 0 Å². The standard InChI is InChI=1S/C11H23NOS/c1-9(6-13)5-12-10-4-11(2,3)8-14-7-10/h9-10,12-13H,4-8H2,1-3H3. The van der Waals surface area contributed by atoms with Crippen molar-refractivity contribution < 1.29 is 5.11 Å². The molecule has 2 unspecified atom stereocenters. The van der Waals surface area contributed by atoms with Crippen LogP contribution in [0, 0.1) is 11.3 Å². The molecule has 1 rings (SSSR count). The van der Waals surface area contributed by atoms with Crippen LogP contribution in [0.4, 0.5) is 0 Å². The minimum absolute atomic E-state index is 0.288. The Morgan fingerprint density at radius 3 is 2.86 bits per heavy atom. The van der Waals surface area contributed by atoms with Gasteiger partial charge in [0.05, 0.1) is 0 Å². The van der Waals surface area contributed by atoms with E-state index in [0.29, 0.717) is 17.4 Å². The van der Waals surface area contributed by atoms with Gasteiger partial charge in [0, 0.05) is 24.9 Å². The van der Waals surface area contributed by atoms with Crippen molar-refractivity contribution in [3.63, 3.8) is 0 Å². The van der Waals surface area contributed by atoms with E-state index in [1.807, 2.05) is 11.8 Å². The second kappa shape index (κ2) is 5.38. The minimum atomic E-state index is 0.288. The maximum atomic E-state index is 8.92. The second-order valence-corrected chi connectivity index (χ2v) is 6.31. The quantitative estimate of drug-likeness (QED) is 0.752. The van der Waals surface area contributed by atoms with Gasteiger partial charge in [-0.3, -0.25) is 0 Å². The molecule has 2 N–H and O–H groups in total. The Kier molecular flexibility index (Phi) is 4.74. The summed E-state index contributed by atoms with van der Waals surface area (Å²) in [5.41, 5.74) is 0.475. The molecule has 0 radical (unpaired) electrons. The van der Waals surface area contributed by atoms with Gasteiger partial charge >= 0.3 is 0 Å². The van der Waals surface area contributed by atoms with E-state index >= 15 is 0 Å². The van der Waals surface area contributed by atoms with E-state index in [9.17, 15) is 0 Å². The summed E-state index contributed by atoms with van der Waals surface area (Å²) in [5, 5.41) is 12.5. The van der Waals surface area contributed by atoms with Crippen LogP contribution in [-0.4, -0.2) is 35.8 Å². The molecule has 0 spiro atoms. The smallest absolute Gasteiger partial charge is 0.0468 e. The molecule has 1 aliphatic rings. The van der Waals surface area contributed by atoms with E-state index in [1.165, 1.54) is 17.9 Å². The summed E-state index contributed by atoms with van der Waals surface area (Å²) in [6.45, 7) is 7.98. The first-order valence-electron chi connectivity index (χ1n) is 5.45. The first kappa shape index (κ1) is 12.3. The molecule has 0 saturated carbocycles. The van der Waals surface area contributed by atoms with Crippen molar-refractivity contribution in [2.45, 2.75) is 33.2 Å². The predicted molar refractivity (Wildman–Crippen MR) is 63.8 cm³/mol. The highest BCUT2D eigenvalue weighted by atomic mass is 32.2. The summed E-state index contributed by atoms with van der Waals surface area (Å²) in [7, 11) is 0. The fourth-order valence-electron chi connectivity index (χ4n) is 1.83. The van der Waals surface area contributed by atoms with Crippen LogP contribution in [0.3, 0.4) is 0 Å². The largest absolute Gasteiger partial charge is 0.396 e. The molecule has 3 heteroatoms. The van der Waals surface area contributed by atoms with Gasteiger partial charge in [-0.25, -0.2) is 0 Å². The molecule has 1 heterocycles. The molecule has 84 valence electrons. The van der Waals surface area contributed by atoms with Gasteiger partial charge in [0.2, 0.25) is 0 Å². The van der Waals surface area contributed by atoms with Gasteiger partial charge < -0.3 is 10.4 Å². The Balaban J connectivity index is 2.24. The number of rotatable bonds is 4.